The maximum atomic E-state index is 14.6. The van der Waals surface area contributed by atoms with E-state index in [1.807, 2.05) is 0 Å². The number of fused-ring (bicyclic) bond motifs is 3. The predicted molar refractivity (Wildman–Crippen MR) is 90.7 cm³/mol. The third kappa shape index (κ3) is 2.77. The van der Waals surface area contributed by atoms with E-state index in [0.717, 1.165) is 11.3 Å². The molecule has 5 heteroatoms. The van der Waals surface area contributed by atoms with Crippen molar-refractivity contribution in [2.75, 3.05) is 13.2 Å². The van der Waals surface area contributed by atoms with Crippen molar-refractivity contribution in [2.45, 2.75) is 13.3 Å². The molecule has 0 unspecified atom stereocenters. The summed E-state index contributed by atoms with van der Waals surface area (Å²) in [5, 5.41) is 1.36. The Balaban J connectivity index is 2.12. The van der Waals surface area contributed by atoms with Crippen molar-refractivity contribution in [3.05, 3.63) is 48.6 Å². The highest BCUT2D eigenvalue weighted by molar-refractivity contribution is 7.25. The van der Waals surface area contributed by atoms with E-state index in [1.54, 1.807) is 37.3 Å². The van der Waals surface area contributed by atoms with Gasteiger partial charge in [0.1, 0.15) is 0 Å². The minimum atomic E-state index is -0.454. The summed E-state index contributed by atoms with van der Waals surface area (Å²) >= 11 is 1.08. The quantitative estimate of drug-likeness (QED) is 0.426. The number of benzene rings is 2. The third-order valence-corrected chi connectivity index (χ3v) is 4.70. The van der Waals surface area contributed by atoms with Gasteiger partial charge >= 0.3 is 0 Å². The molecule has 0 saturated heterocycles. The van der Waals surface area contributed by atoms with Crippen LogP contribution in [0.2, 0.25) is 0 Å². The Morgan fingerprint density at radius 2 is 1.57 bits per heavy atom. The smallest absolute Gasteiger partial charge is 0.182 e. The van der Waals surface area contributed by atoms with Crippen LogP contribution in [0.4, 0.5) is 8.78 Å². The zero-order valence-corrected chi connectivity index (χ0v) is 13.5. The third-order valence-electron chi connectivity index (χ3n) is 3.50. The van der Waals surface area contributed by atoms with Crippen LogP contribution >= 0.6 is 11.3 Å². The fraction of sp³-hybridized carbons (Fsp3) is 0.222. The number of halogens is 2. The molecular weight excluding hydrogens is 318 g/mol. The first kappa shape index (κ1) is 15.7. The number of ether oxygens (including phenoxy) is 2. The van der Waals surface area contributed by atoms with Crippen LogP contribution in [0.5, 0.6) is 11.5 Å². The Labute approximate surface area is 136 Å². The van der Waals surface area contributed by atoms with Gasteiger partial charge in [0, 0.05) is 10.8 Å². The van der Waals surface area contributed by atoms with Crippen LogP contribution in [0.25, 0.3) is 20.2 Å². The van der Waals surface area contributed by atoms with Gasteiger partial charge in [-0.3, -0.25) is 0 Å². The van der Waals surface area contributed by atoms with E-state index in [-0.39, 0.29) is 11.5 Å². The van der Waals surface area contributed by atoms with E-state index in [4.69, 9.17) is 9.47 Å². The van der Waals surface area contributed by atoms with Gasteiger partial charge in [0.15, 0.2) is 23.1 Å². The molecule has 0 atom stereocenters. The molecule has 0 bridgehead atoms. The molecule has 1 heterocycles. The van der Waals surface area contributed by atoms with Crippen LogP contribution in [0.15, 0.2) is 36.9 Å². The minimum absolute atomic E-state index is 0.177. The lowest BCUT2D eigenvalue weighted by atomic mass is 10.1. The lowest BCUT2D eigenvalue weighted by Gasteiger charge is -2.06. The van der Waals surface area contributed by atoms with Crippen LogP contribution in [-0.4, -0.2) is 13.2 Å². The van der Waals surface area contributed by atoms with Gasteiger partial charge in [-0.05, 0) is 37.6 Å². The standard InChI is InChI=1S/C18H16F2O2S/c1-3-5-10-22-14-9-7-12-11-6-8-13(21-4-2)15(19)17(11)23-18(12)16(14)20/h3,6-9H,1,4-5,10H2,2H3. The molecule has 2 aromatic carbocycles. The number of hydrogen-bond acceptors (Lipinski definition) is 3. The van der Waals surface area contributed by atoms with Gasteiger partial charge in [0.2, 0.25) is 0 Å². The zero-order valence-electron chi connectivity index (χ0n) is 12.7. The Morgan fingerprint density at radius 3 is 2.09 bits per heavy atom. The summed E-state index contributed by atoms with van der Waals surface area (Å²) in [7, 11) is 0. The molecule has 0 aliphatic heterocycles. The van der Waals surface area contributed by atoms with Crippen molar-refractivity contribution in [3.63, 3.8) is 0 Å². The number of rotatable bonds is 6. The van der Waals surface area contributed by atoms with E-state index in [1.165, 1.54) is 0 Å². The average Bonchev–Trinajstić information content (AvgIpc) is 2.93. The van der Waals surface area contributed by atoms with Crippen molar-refractivity contribution in [1.29, 1.82) is 0 Å². The number of thiophene rings is 1. The highest BCUT2D eigenvalue weighted by atomic mass is 32.1. The van der Waals surface area contributed by atoms with Crippen molar-refractivity contribution in [3.8, 4) is 11.5 Å². The Hall–Kier alpha value is -2.14. The Kier molecular flexibility index (Phi) is 4.48. The molecule has 0 saturated carbocycles. The molecule has 3 rings (SSSR count). The fourth-order valence-corrected chi connectivity index (χ4v) is 3.59. The van der Waals surface area contributed by atoms with Gasteiger partial charge < -0.3 is 9.47 Å². The normalized spacial score (nSPS) is 11.1. The van der Waals surface area contributed by atoms with Gasteiger partial charge in [0.25, 0.3) is 0 Å². The summed E-state index contributed by atoms with van der Waals surface area (Å²) in [4.78, 5) is 0. The average molecular weight is 334 g/mol. The molecule has 120 valence electrons. The highest BCUT2D eigenvalue weighted by Crippen LogP contribution is 2.41. The maximum absolute atomic E-state index is 14.6. The van der Waals surface area contributed by atoms with Gasteiger partial charge in [-0.1, -0.05) is 6.08 Å². The largest absolute Gasteiger partial charge is 0.491 e. The first-order chi connectivity index (χ1) is 11.2. The number of hydrogen-bond donors (Lipinski definition) is 0. The van der Waals surface area contributed by atoms with Crippen LogP contribution in [0, 0.1) is 11.6 Å². The molecular formula is C18H16F2O2S. The van der Waals surface area contributed by atoms with Crippen LogP contribution in [0.3, 0.4) is 0 Å². The van der Waals surface area contributed by atoms with Gasteiger partial charge in [0.05, 0.1) is 22.6 Å². The van der Waals surface area contributed by atoms with E-state index >= 15 is 0 Å². The molecule has 1 aromatic heterocycles. The molecule has 2 nitrogen and oxygen atoms in total. The summed E-state index contributed by atoms with van der Waals surface area (Å²) in [5.41, 5.74) is 0. The van der Waals surface area contributed by atoms with Crippen molar-refractivity contribution in [1.82, 2.24) is 0 Å². The highest BCUT2D eigenvalue weighted by Gasteiger charge is 2.18. The topological polar surface area (TPSA) is 18.5 Å². The minimum Gasteiger partial charge on any atom is -0.491 e. The first-order valence-corrected chi connectivity index (χ1v) is 8.18. The second kappa shape index (κ2) is 6.54. The van der Waals surface area contributed by atoms with Crippen molar-refractivity contribution < 1.29 is 18.3 Å². The SMILES string of the molecule is C=CCCOc1ccc2c(sc3c(F)c(OCC)ccc32)c1F. The molecule has 0 N–H and O–H groups in total. The molecule has 0 aliphatic rings. The summed E-state index contributed by atoms with van der Waals surface area (Å²) < 4.78 is 40.6. The van der Waals surface area contributed by atoms with Gasteiger partial charge in [-0.2, -0.15) is 0 Å². The van der Waals surface area contributed by atoms with Gasteiger partial charge in [-0.15, -0.1) is 17.9 Å². The molecule has 0 fully saturated rings. The van der Waals surface area contributed by atoms with Crippen LogP contribution < -0.4 is 9.47 Å². The molecule has 0 amide bonds. The monoisotopic (exact) mass is 334 g/mol. The van der Waals surface area contributed by atoms with Gasteiger partial charge in [-0.25, -0.2) is 8.78 Å². The molecule has 3 aromatic rings. The maximum Gasteiger partial charge on any atom is 0.182 e. The molecule has 23 heavy (non-hydrogen) atoms. The second-order valence-electron chi connectivity index (χ2n) is 4.97. The molecule has 0 radical (unpaired) electrons. The fourth-order valence-electron chi connectivity index (χ4n) is 2.43. The lowest BCUT2D eigenvalue weighted by molar-refractivity contribution is 0.309. The lowest BCUT2D eigenvalue weighted by Crippen LogP contribution is -1.97. The molecule has 0 aliphatic carbocycles. The van der Waals surface area contributed by atoms with E-state index in [2.05, 4.69) is 6.58 Å². The summed E-state index contributed by atoms with van der Waals surface area (Å²) in [6.45, 7) is 6.13. The van der Waals surface area contributed by atoms with E-state index in [9.17, 15) is 8.78 Å². The zero-order chi connectivity index (χ0) is 16.4. The summed E-state index contributed by atoms with van der Waals surface area (Å²) in [6, 6.07) is 6.70. The molecule has 0 spiro atoms. The Bertz CT molecular complexity index is 870. The van der Waals surface area contributed by atoms with E-state index in [0.29, 0.717) is 39.8 Å². The van der Waals surface area contributed by atoms with Crippen LogP contribution in [-0.2, 0) is 0 Å². The summed E-state index contributed by atoms with van der Waals surface area (Å²) in [5.74, 6) is -0.532. The predicted octanol–water partition coefficient (Wildman–Crippen LogP) is 5.69. The summed E-state index contributed by atoms with van der Waals surface area (Å²) in [6.07, 6.45) is 2.34. The van der Waals surface area contributed by atoms with Crippen molar-refractivity contribution in [2.24, 2.45) is 0 Å². The second-order valence-corrected chi connectivity index (χ2v) is 5.99. The Morgan fingerprint density at radius 1 is 1.00 bits per heavy atom. The van der Waals surface area contributed by atoms with Crippen molar-refractivity contribution >= 4 is 31.5 Å². The first-order valence-electron chi connectivity index (χ1n) is 7.37. The van der Waals surface area contributed by atoms with Crippen LogP contribution in [0.1, 0.15) is 13.3 Å². The van der Waals surface area contributed by atoms with E-state index < -0.39 is 11.6 Å².